The van der Waals surface area contributed by atoms with Crippen LogP contribution in [0.15, 0.2) is 24.3 Å². The summed E-state index contributed by atoms with van der Waals surface area (Å²) in [6.07, 6.45) is 0.990. The Morgan fingerprint density at radius 2 is 2.06 bits per heavy atom. The second-order valence-corrected chi connectivity index (χ2v) is 3.77. The normalized spacial score (nSPS) is 11.6. The average Bonchev–Trinajstić information content (AvgIpc) is 2.35. The molecule has 3 heteroatoms. The summed E-state index contributed by atoms with van der Waals surface area (Å²) in [6, 6.07) is 6.47. The summed E-state index contributed by atoms with van der Waals surface area (Å²) >= 11 is 0. The van der Waals surface area contributed by atoms with E-state index in [0.29, 0.717) is 23.8 Å². The highest BCUT2D eigenvalue weighted by Gasteiger charge is 2.08. The molecule has 0 aliphatic heterocycles. The minimum absolute atomic E-state index is 0.322. The maximum Gasteiger partial charge on any atom is 0.338 e. The molecule has 3 nitrogen and oxygen atoms in total. The van der Waals surface area contributed by atoms with Gasteiger partial charge in [-0.1, -0.05) is 44.5 Å². The molecule has 0 saturated heterocycles. The predicted octanol–water partition coefficient (Wildman–Crippen LogP) is 3.44. The second-order valence-electron chi connectivity index (χ2n) is 3.77. The summed E-state index contributed by atoms with van der Waals surface area (Å²) in [5.74, 6) is 0.0586. The molecule has 0 unspecified atom stereocenters. The van der Waals surface area contributed by atoms with E-state index in [0.717, 1.165) is 6.42 Å². The maximum absolute atomic E-state index is 11.6. The molecule has 0 aliphatic carbocycles. The Kier molecular flexibility index (Phi) is 4.53. The molecule has 0 N–H and O–H groups in total. The Morgan fingerprint density at radius 1 is 1.44 bits per heavy atom. The first-order valence-corrected chi connectivity index (χ1v) is 5.32. The summed E-state index contributed by atoms with van der Waals surface area (Å²) in [4.78, 5) is 14.8. The van der Waals surface area contributed by atoms with Gasteiger partial charge in [-0.2, -0.15) is 0 Å². The van der Waals surface area contributed by atoms with Gasteiger partial charge >= 0.3 is 5.97 Å². The zero-order valence-corrected chi connectivity index (χ0v) is 9.56. The summed E-state index contributed by atoms with van der Waals surface area (Å²) in [5.41, 5.74) is 1.02. The van der Waals surface area contributed by atoms with Gasteiger partial charge in [-0.15, -0.1) is 0 Å². The SMILES string of the molecule is [C-]#[N+]c1ccc(C(=O)OC[C@H](C)CC)cc1. The first-order valence-electron chi connectivity index (χ1n) is 5.32. The van der Waals surface area contributed by atoms with Crippen LogP contribution in [0, 0.1) is 12.5 Å². The lowest BCUT2D eigenvalue weighted by molar-refractivity contribution is 0.0447. The van der Waals surface area contributed by atoms with Crippen LogP contribution in [0.1, 0.15) is 30.6 Å². The molecule has 1 aromatic rings. The average molecular weight is 217 g/mol. The highest BCUT2D eigenvalue weighted by Crippen LogP contribution is 2.13. The van der Waals surface area contributed by atoms with E-state index in [-0.39, 0.29) is 5.97 Å². The van der Waals surface area contributed by atoms with E-state index in [1.807, 2.05) is 6.92 Å². The van der Waals surface area contributed by atoms with E-state index in [1.165, 1.54) is 0 Å². The minimum atomic E-state index is -0.322. The summed E-state index contributed by atoms with van der Waals surface area (Å²) in [7, 11) is 0. The molecular weight excluding hydrogens is 202 g/mol. The van der Waals surface area contributed by atoms with Crippen molar-refractivity contribution in [3.05, 3.63) is 41.2 Å². The van der Waals surface area contributed by atoms with Gasteiger partial charge in [0.05, 0.1) is 18.7 Å². The largest absolute Gasteiger partial charge is 0.462 e. The van der Waals surface area contributed by atoms with Crippen molar-refractivity contribution in [1.82, 2.24) is 0 Å². The van der Waals surface area contributed by atoms with Crippen LogP contribution in [0.5, 0.6) is 0 Å². The molecule has 0 radical (unpaired) electrons. The lowest BCUT2D eigenvalue weighted by atomic mass is 10.1. The molecule has 0 bridgehead atoms. The molecule has 84 valence electrons. The molecule has 16 heavy (non-hydrogen) atoms. The van der Waals surface area contributed by atoms with Crippen LogP contribution in [0.2, 0.25) is 0 Å². The van der Waals surface area contributed by atoms with Crippen molar-refractivity contribution in [1.29, 1.82) is 0 Å². The van der Waals surface area contributed by atoms with Gasteiger partial charge in [-0.05, 0) is 5.92 Å². The van der Waals surface area contributed by atoms with E-state index < -0.39 is 0 Å². The van der Waals surface area contributed by atoms with Gasteiger partial charge in [0, 0.05) is 0 Å². The maximum atomic E-state index is 11.6. The summed E-state index contributed by atoms with van der Waals surface area (Å²) < 4.78 is 5.14. The van der Waals surface area contributed by atoms with Crippen LogP contribution in [-0.4, -0.2) is 12.6 Å². The summed E-state index contributed by atoms with van der Waals surface area (Å²) in [5, 5.41) is 0. The van der Waals surface area contributed by atoms with Gasteiger partial charge < -0.3 is 4.74 Å². The number of benzene rings is 1. The van der Waals surface area contributed by atoms with Crippen LogP contribution < -0.4 is 0 Å². The number of nitrogens with zero attached hydrogens (tertiary/aromatic N) is 1. The molecule has 0 aliphatic rings. The van der Waals surface area contributed by atoms with E-state index in [4.69, 9.17) is 11.3 Å². The van der Waals surface area contributed by atoms with Crippen molar-refractivity contribution in [2.45, 2.75) is 20.3 Å². The topological polar surface area (TPSA) is 30.7 Å². The molecule has 1 rings (SSSR count). The Bertz CT molecular complexity index is 389. The van der Waals surface area contributed by atoms with E-state index in [1.54, 1.807) is 24.3 Å². The Labute approximate surface area is 95.9 Å². The van der Waals surface area contributed by atoms with Crippen LogP contribution in [-0.2, 0) is 4.74 Å². The lowest BCUT2D eigenvalue weighted by Gasteiger charge is -2.09. The van der Waals surface area contributed by atoms with E-state index >= 15 is 0 Å². The van der Waals surface area contributed by atoms with Crippen LogP contribution in [0.3, 0.4) is 0 Å². The van der Waals surface area contributed by atoms with Crippen molar-refractivity contribution in [3.8, 4) is 0 Å². The fraction of sp³-hybridized carbons (Fsp3) is 0.385. The van der Waals surface area contributed by atoms with Gasteiger partial charge in [0.2, 0.25) is 0 Å². The van der Waals surface area contributed by atoms with E-state index in [9.17, 15) is 4.79 Å². The third-order valence-electron chi connectivity index (χ3n) is 2.43. The smallest absolute Gasteiger partial charge is 0.338 e. The van der Waals surface area contributed by atoms with Crippen molar-refractivity contribution in [2.24, 2.45) is 5.92 Å². The van der Waals surface area contributed by atoms with Crippen molar-refractivity contribution in [3.63, 3.8) is 0 Å². The van der Waals surface area contributed by atoms with Gasteiger partial charge in [-0.25, -0.2) is 9.64 Å². The fourth-order valence-electron chi connectivity index (χ4n) is 1.09. The Hall–Kier alpha value is -1.82. The predicted molar refractivity (Wildman–Crippen MR) is 62.4 cm³/mol. The van der Waals surface area contributed by atoms with Crippen molar-refractivity contribution < 1.29 is 9.53 Å². The molecule has 0 heterocycles. The Balaban J connectivity index is 2.57. The van der Waals surface area contributed by atoms with Crippen molar-refractivity contribution >= 4 is 11.7 Å². The monoisotopic (exact) mass is 217 g/mol. The molecular formula is C13H15NO2. The molecule has 1 atom stereocenters. The number of carbonyl (C=O) groups is 1. The number of ether oxygens (including phenoxy) is 1. The van der Waals surface area contributed by atoms with Crippen LogP contribution in [0.4, 0.5) is 5.69 Å². The number of hydrogen-bond donors (Lipinski definition) is 0. The first-order chi connectivity index (χ1) is 7.67. The van der Waals surface area contributed by atoms with Crippen molar-refractivity contribution in [2.75, 3.05) is 6.61 Å². The highest BCUT2D eigenvalue weighted by molar-refractivity contribution is 5.89. The zero-order valence-electron chi connectivity index (χ0n) is 9.56. The first kappa shape index (κ1) is 12.3. The molecule has 1 aromatic carbocycles. The second kappa shape index (κ2) is 5.92. The number of esters is 1. The fourth-order valence-corrected chi connectivity index (χ4v) is 1.09. The number of rotatable bonds is 4. The minimum Gasteiger partial charge on any atom is -0.462 e. The number of hydrogen-bond acceptors (Lipinski definition) is 2. The van der Waals surface area contributed by atoms with Gasteiger partial charge in [-0.3, -0.25) is 0 Å². The van der Waals surface area contributed by atoms with Crippen LogP contribution in [0.25, 0.3) is 4.85 Å². The molecule has 0 fully saturated rings. The molecule has 0 aromatic heterocycles. The van der Waals surface area contributed by atoms with Crippen LogP contribution >= 0.6 is 0 Å². The molecule has 0 amide bonds. The van der Waals surface area contributed by atoms with Gasteiger partial charge in [0.25, 0.3) is 0 Å². The quantitative estimate of drug-likeness (QED) is 0.571. The zero-order chi connectivity index (χ0) is 12.0. The van der Waals surface area contributed by atoms with Gasteiger partial charge in [0.1, 0.15) is 0 Å². The number of carbonyl (C=O) groups excluding carboxylic acids is 1. The lowest BCUT2D eigenvalue weighted by Crippen LogP contribution is -2.11. The highest BCUT2D eigenvalue weighted by atomic mass is 16.5. The van der Waals surface area contributed by atoms with E-state index in [2.05, 4.69) is 11.8 Å². The third kappa shape index (κ3) is 3.39. The molecule has 0 saturated carbocycles. The Morgan fingerprint density at radius 3 is 2.56 bits per heavy atom. The standard InChI is InChI=1S/C13H15NO2/c1-4-10(2)9-16-13(15)11-5-7-12(14-3)8-6-11/h5-8,10H,4,9H2,1-2H3/t10-/m1/s1. The third-order valence-corrected chi connectivity index (χ3v) is 2.43. The molecule has 0 spiro atoms. The summed E-state index contributed by atoms with van der Waals surface area (Å²) in [6.45, 7) is 11.3. The van der Waals surface area contributed by atoms with Gasteiger partial charge in [0.15, 0.2) is 5.69 Å².